The van der Waals surface area contributed by atoms with Gasteiger partial charge in [-0.05, 0) is 0 Å². The number of hydrogen-bond donors (Lipinski definition) is 1. The zero-order valence-electron chi connectivity index (χ0n) is 6.77. The van der Waals surface area contributed by atoms with Crippen molar-refractivity contribution in [1.29, 1.82) is 0 Å². The smallest absolute Gasteiger partial charge is 0.342 e. The molecule has 0 fully saturated rings. The molecule has 0 aromatic carbocycles. The summed E-state index contributed by atoms with van der Waals surface area (Å²) < 4.78 is 4.27. The number of esters is 1. The molecule has 0 aromatic heterocycles. The Morgan fingerprint density at radius 3 is 2.42 bits per heavy atom. The highest BCUT2D eigenvalue weighted by molar-refractivity contribution is 6.11. The third-order valence-corrected chi connectivity index (χ3v) is 0.946. The summed E-state index contributed by atoms with van der Waals surface area (Å²) in [7, 11) is 1.16. The lowest BCUT2D eigenvalue weighted by Gasteiger charge is -1.95. The molecular weight excluding hydrogens is 162 g/mol. The zero-order valence-corrected chi connectivity index (χ0v) is 6.77. The third-order valence-electron chi connectivity index (χ3n) is 0.946. The molecule has 0 rings (SSSR count). The summed E-state index contributed by atoms with van der Waals surface area (Å²) in [6.45, 7) is 1.22. The van der Waals surface area contributed by atoms with Gasteiger partial charge in [-0.1, -0.05) is 0 Å². The van der Waals surface area contributed by atoms with E-state index in [4.69, 9.17) is 5.11 Å². The van der Waals surface area contributed by atoms with Crippen molar-refractivity contribution in [1.82, 2.24) is 0 Å². The Morgan fingerprint density at radius 1 is 1.50 bits per heavy atom. The molecule has 1 N–H and O–H groups in total. The molecule has 66 valence electrons. The number of carbonyl (C=O) groups is 2. The molecule has 0 heterocycles. The van der Waals surface area contributed by atoms with E-state index in [0.29, 0.717) is 6.26 Å². The van der Waals surface area contributed by atoms with Gasteiger partial charge in [-0.15, -0.1) is 0 Å². The third kappa shape index (κ3) is 3.50. The number of hydrogen-bond acceptors (Lipinski definition) is 4. The van der Waals surface area contributed by atoms with E-state index in [-0.39, 0.29) is 5.57 Å². The van der Waals surface area contributed by atoms with Gasteiger partial charge in [0.25, 0.3) is 0 Å². The van der Waals surface area contributed by atoms with Crippen LogP contribution in [-0.4, -0.2) is 30.3 Å². The van der Waals surface area contributed by atoms with Crippen LogP contribution in [0.15, 0.2) is 16.8 Å². The molecule has 0 aliphatic rings. The fourth-order valence-electron chi connectivity index (χ4n) is 0.417. The number of methoxy groups -OCH3 is 1. The largest absolute Gasteiger partial charge is 0.515 e. The Labute approximate surface area is 69.4 Å². The molecule has 0 radical (unpaired) electrons. The number of aliphatic hydroxyl groups excluding tert-OH is 1. The minimum Gasteiger partial charge on any atom is -0.515 e. The van der Waals surface area contributed by atoms with Crippen molar-refractivity contribution < 1.29 is 19.4 Å². The molecule has 5 nitrogen and oxygen atoms in total. The quantitative estimate of drug-likeness (QED) is 0.279. The maximum absolute atomic E-state index is 10.7. The number of ether oxygens (including phenoxy) is 1. The molecular formula is C7H9NO4. The molecule has 0 unspecified atom stereocenters. The summed E-state index contributed by atoms with van der Waals surface area (Å²) in [4.78, 5) is 24.3. The average Bonchev–Trinajstić information content (AvgIpc) is 2.04. The van der Waals surface area contributed by atoms with Crippen molar-refractivity contribution in [3.05, 3.63) is 11.8 Å². The highest BCUT2D eigenvalue weighted by atomic mass is 16.5. The Morgan fingerprint density at radius 2 is 2.08 bits per heavy atom. The molecule has 0 saturated heterocycles. The fourth-order valence-corrected chi connectivity index (χ4v) is 0.417. The van der Waals surface area contributed by atoms with Crippen molar-refractivity contribution in [2.45, 2.75) is 6.92 Å². The molecule has 1 amide bonds. The SMILES string of the molecule is COC(=O)/C(C=NC(C)=O)=C/O. The average molecular weight is 171 g/mol. The maximum atomic E-state index is 10.7. The molecule has 0 saturated carbocycles. The molecule has 0 spiro atoms. The Hall–Kier alpha value is -1.65. The van der Waals surface area contributed by atoms with E-state index >= 15 is 0 Å². The van der Waals surface area contributed by atoms with Crippen LogP contribution < -0.4 is 0 Å². The van der Waals surface area contributed by atoms with Gasteiger partial charge >= 0.3 is 5.97 Å². The molecule has 0 atom stereocenters. The van der Waals surface area contributed by atoms with Crippen molar-refractivity contribution in [3.63, 3.8) is 0 Å². The Kier molecular flexibility index (Phi) is 4.36. The molecule has 12 heavy (non-hydrogen) atoms. The number of nitrogens with zero attached hydrogens (tertiary/aromatic N) is 1. The number of aliphatic hydroxyl groups is 1. The van der Waals surface area contributed by atoms with Gasteiger partial charge in [0.15, 0.2) is 0 Å². The van der Waals surface area contributed by atoms with Crippen LogP contribution >= 0.6 is 0 Å². The first-order valence-electron chi connectivity index (χ1n) is 3.09. The lowest BCUT2D eigenvalue weighted by Crippen LogP contribution is -2.06. The summed E-state index contributed by atoms with van der Waals surface area (Å²) in [6.07, 6.45) is 1.46. The highest BCUT2D eigenvalue weighted by Crippen LogP contribution is 1.92. The fraction of sp³-hybridized carbons (Fsp3) is 0.286. The summed E-state index contributed by atoms with van der Waals surface area (Å²) in [5, 5.41) is 8.48. The molecule has 0 aliphatic carbocycles. The zero-order chi connectivity index (χ0) is 9.56. The molecule has 0 bridgehead atoms. The predicted octanol–water partition coefficient (Wildman–Crippen LogP) is 0.219. The summed E-state index contributed by atoms with van der Waals surface area (Å²) in [5.74, 6) is -1.21. The van der Waals surface area contributed by atoms with Crippen LogP contribution in [0.5, 0.6) is 0 Å². The van der Waals surface area contributed by atoms with E-state index in [1.807, 2.05) is 0 Å². The van der Waals surface area contributed by atoms with Crippen LogP contribution in [0.1, 0.15) is 6.92 Å². The van der Waals surface area contributed by atoms with Crippen LogP contribution in [0.4, 0.5) is 0 Å². The Bertz CT molecular complexity index is 242. The normalized spacial score (nSPS) is 11.7. The van der Waals surface area contributed by atoms with Crippen molar-refractivity contribution in [2.75, 3.05) is 7.11 Å². The standard InChI is InChI=1S/C7H9NO4/c1-5(10)8-3-6(4-9)7(11)12-2/h3-4,9H,1-2H3/b6-4+,8-3?. The topological polar surface area (TPSA) is 76.0 Å². The predicted molar refractivity (Wildman–Crippen MR) is 41.9 cm³/mol. The first-order valence-corrected chi connectivity index (χ1v) is 3.09. The first kappa shape index (κ1) is 10.3. The minimum absolute atomic E-state index is 0.173. The van der Waals surface area contributed by atoms with Crippen LogP contribution in [0.25, 0.3) is 0 Å². The molecule has 5 heteroatoms. The second-order valence-electron chi connectivity index (χ2n) is 1.85. The number of rotatable bonds is 2. The second kappa shape index (κ2) is 5.06. The lowest BCUT2D eigenvalue weighted by molar-refractivity contribution is -0.135. The molecule has 0 aromatic rings. The van der Waals surface area contributed by atoms with Crippen molar-refractivity contribution in [2.24, 2.45) is 4.99 Å². The van der Waals surface area contributed by atoms with E-state index in [0.717, 1.165) is 13.3 Å². The van der Waals surface area contributed by atoms with E-state index in [9.17, 15) is 9.59 Å². The van der Waals surface area contributed by atoms with E-state index < -0.39 is 11.9 Å². The molecule has 0 aliphatic heterocycles. The van der Waals surface area contributed by atoms with Crippen LogP contribution in [0.2, 0.25) is 0 Å². The van der Waals surface area contributed by atoms with Gasteiger partial charge in [-0.25, -0.2) is 9.79 Å². The number of carbonyl (C=O) groups excluding carboxylic acids is 2. The number of amides is 1. The van der Waals surface area contributed by atoms with Crippen LogP contribution in [-0.2, 0) is 14.3 Å². The van der Waals surface area contributed by atoms with Gasteiger partial charge in [0.1, 0.15) is 5.57 Å². The van der Waals surface area contributed by atoms with Crippen molar-refractivity contribution >= 4 is 18.1 Å². The van der Waals surface area contributed by atoms with Gasteiger partial charge in [0.2, 0.25) is 5.91 Å². The van der Waals surface area contributed by atoms with Crippen molar-refractivity contribution in [3.8, 4) is 0 Å². The summed E-state index contributed by atoms with van der Waals surface area (Å²) in [5.41, 5.74) is -0.173. The highest BCUT2D eigenvalue weighted by Gasteiger charge is 2.06. The monoisotopic (exact) mass is 171 g/mol. The van der Waals surface area contributed by atoms with Gasteiger partial charge in [-0.2, -0.15) is 0 Å². The van der Waals surface area contributed by atoms with E-state index in [2.05, 4.69) is 9.73 Å². The second-order valence-corrected chi connectivity index (χ2v) is 1.85. The summed E-state index contributed by atoms with van der Waals surface area (Å²) in [6, 6.07) is 0. The van der Waals surface area contributed by atoms with Gasteiger partial charge in [0, 0.05) is 13.1 Å². The van der Waals surface area contributed by atoms with Gasteiger partial charge in [0.05, 0.1) is 13.4 Å². The van der Waals surface area contributed by atoms with Gasteiger partial charge < -0.3 is 9.84 Å². The Balaban J connectivity index is 4.40. The van der Waals surface area contributed by atoms with Gasteiger partial charge in [-0.3, -0.25) is 4.79 Å². The van der Waals surface area contributed by atoms with E-state index in [1.165, 1.54) is 6.92 Å². The van der Waals surface area contributed by atoms with E-state index in [1.54, 1.807) is 0 Å². The maximum Gasteiger partial charge on any atom is 0.342 e. The summed E-state index contributed by atoms with van der Waals surface area (Å²) >= 11 is 0. The number of aliphatic imine (C=N–C) groups is 1. The minimum atomic E-state index is -0.748. The lowest BCUT2D eigenvalue weighted by atomic mass is 10.3. The first-order chi connectivity index (χ1) is 5.61. The van der Waals surface area contributed by atoms with Crippen LogP contribution in [0.3, 0.4) is 0 Å². The van der Waals surface area contributed by atoms with Crippen LogP contribution in [0, 0.1) is 0 Å².